The van der Waals surface area contributed by atoms with Crippen LogP contribution in [0.3, 0.4) is 0 Å². The highest BCUT2D eigenvalue weighted by atomic mass is 35.5. The molecule has 0 aliphatic carbocycles. The summed E-state index contributed by atoms with van der Waals surface area (Å²) in [6, 6.07) is 17.9. The predicted octanol–water partition coefficient (Wildman–Crippen LogP) is 4.50. The van der Waals surface area contributed by atoms with Crippen molar-refractivity contribution in [2.24, 2.45) is 0 Å². The summed E-state index contributed by atoms with van der Waals surface area (Å²) in [5.74, 6) is 0.113. The number of aromatic nitrogens is 3. The summed E-state index contributed by atoms with van der Waals surface area (Å²) in [7, 11) is 3.03. The summed E-state index contributed by atoms with van der Waals surface area (Å²) in [5, 5.41) is 0.514. The van der Waals surface area contributed by atoms with Gasteiger partial charge in [0.05, 0.1) is 13.7 Å². The van der Waals surface area contributed by atoms with Crippen LogP contribution in [0.4, 0.5) is 5.69 Å². The average Bonchev–Trinajstić information content (AvgIpc) is 3.13. The number of hydrogen-bond donors (Lipinski definition) is 0. The summed E-state index contributed by atoms with van der Waals surface area (Å²) in [4.78, 5) is 35.1. The lowest BCUT2D eigenvalue weighted by Gasteiger charge is -2.19. The standard InChI is InChI=1S/C24H21ClN4O3/c1-15-26-20-11-12-21(24(31)32-3)27-22(20)29(15)14-17-9-10-18(13-19(17)25)28(2)23(30)16-7-5-4-6-8-16/h4-13H,14H2,1-3H3. The summed E-state index contributed by atoms with van der Waals surface area (Å²) >= 11 is 6.58. The van der Waals surface area contributed by atoms with Crippen molar-refractivity contribution in [2.75, 3.05) is 19.1 Å². The van der Waals surface area contributed by atoms with E-state index in [1.165, 1.54) is 7.11 Å². The second-order valence-electron chi connectivity index (χ2n) is 7.28. The molecular weight excluding hydrogens is 428 g/mol. The van der Waals surface area contributed by atoms with E-state index < -0.39 is 5.97 Å². The molecule has 0 unspecified atom stereocenters. The molecule has 2 aromatic heterocycles. The van der Waals surface area contributed by atoms with Crippen molar-refractivity contribution < 1.29 is 14.3 Å². The van der Waals surface area contributed by atoms with E-state index in [2.05, 4.69) is 9.97 Å². The van der Waals surface area contributed by atoms with E-state index in [1.807, 2.05) is 41.8 Å². The van der Waals surface area contributed by atoms with E-state index in [4.69, 9.17) is 16.3 Å². The topological polar surface area (TPSA) is 77.3 Å². The number of carbonyl (C=O) groups excluding carboxylic acids is 2. The number of hydrogen-bond acceptors (Lipinski definition) is 5. The van der Waals surface area contributed by atoms with Gasteiger partial charge in [0.1, 0.15) is 11.3 Å². The molecule has 2 aromatic carbocycles. The van der Waals surface area contributed by atoms with Gasteiger partial charge in [0, 0.05) is 23.3 Å². The lowest BCUT2D eigenvalue weighted by Crippen LogP contribution is -2.26. The molecule has 0 aliphatic rings. The highest BCUT2D eigenvalue weighted by Gasteiger charge is 2.17. The Labute approximate surface area is 190 Å². The van der Waals surface area contributed by atoms with Crippen molar-refractivity contribution in [1.29, 1.82) is 0 Å². The molecule has 0 saturated carbocycles. The van der Waals surface area contributed by atoms with Gasteiger partial charge in [-0.3, -0.25) is 4.79 Å². The number of imidazole rings is 1. The van der Waals surface area contributed by atoms with Crippen molar-refractivity contribution in [3.8, 4) is 0 Å². The van der Waals surface area contributed by atoms with Crippen LogP contribution in [-0.4, -0.2) is 40.6 Å². The largest absolute Gasteiger partial charge is 0.464 e. The van der Waals surface area contributed by atoms with Gasteiger partial charge in [-0.1, -0.05) is 35.9 Å². The molecule has 8 heteroatoms. The number of anilines is 1. The molecule has 0 fully saturated rings. The van der Waals surface area contributed by atoms with Gasteiger partial charge in [-0.05, 0) is 48.9 Å². The molecule has 7 nitrogen and oxygen atoms in total. The van der Waals surface area contributed by atoms with Crippen LogP contribution in [0, 0.1) is 6.92 Å². The van der Waals surface area contributed by atoms with E-state index >= 15 is 0 Å². The first-order chi connectivity index (χ1) is 15.4. The van der Waals surface area contributed by atoms with Gasteiger partial charge in [0.2, 0.25) is 0 Å². The van der Waals surface area contributed by atoms with E-state index in [-0.39, 0.29) is 11.6 Å². The number of rotatable bonds is 5. The Morgan fingerprint density at radius 3 is 2.50 bits per heavy atom. The number of carbonyl (C=O) groups is 2. The van der Waals surface area contributed by atoms with Crippen molar-refractivity contribution in [3.63, 3.8) is 0 Å². The van der Waals surface area contributed by atoms with E-state index in [9.17, 15) is 9.59 Å². The Morgan fingerprint density at radius 2 is 1.81 bits per heavy atom. The Bertz CT molecular complexity index is 1320. The zero-order valence-electron chi connectivity index (χ0n) is 17.9. The molecular formula is C24H21ClN4O3. The quantitative estimate of drug-likeness (QED) is 0.420. The molecule has 0 spiro atoms. The smallest absolute Gasteiger partial charge is 0.356 e. The summed E-state index contributed by atoms with van der Waals surface area (Å²) in [6.45, 7) is 2.28. The number of pyridine rings is 1. The predicted molar refractivity (Wildman–Crippen MR) is 123 cm³/mol. The monoisotopic (exact) mass is 448 g/mol. The number of esters is 1. The number of halogens is 1. The van der Waals surface area contributed by atoms with Gasteiger partial charge in [0.15, 0.2) is 11.3 Å². The zero-order chi connectivity index (χ0) is 22.8. The van der Waals surface area contributed by atoms with Crippen LogP contribution in [0.25, 0.3) is 11.2 Å². The normalized spacial score (nSPS) is 10.9. The Morgan fingerprint density at radius 1 is 1.06 bits per heavy atom. The fraction of sp³-hybridized carbons (Fsp3) is 0.167. The number of benzene rings is 2. The van der Waals surface area contributed by atoms with Crippen molar-refractivity contribution in [3.05, 3.63) is 88.3 Å². The maximum Gasteiger partial charge on any atom is 0.356 e. The first-order valence-electron chi connectivity index (χ1n) is 9.92. The van der Waals surface area contributed by atoms with Crippen LogP contribution >= 0.6 is 11.6 Å². The minimum absolute atomic E-state index is 0.120. The maximum absolute atomic E-state index is 12.7. The average molecular weight is 449 g/mol. The highest BCUT2D eigenvalue weighted by Crippen LogP contribution is 2.26. The molecule has 1 amide bonds. The Kier molecular flexibility index (Phi) is 5.92. The van der Waals surface area contributed by atoms with Crippen LogP contribution in [-0.2, 0) is 11.3 Å². The van der Waals surface area contributed by atoms with Crippen LogP contribution in [0.5, 0.6) is 0 Å². The molecule has 0 radical (unpaired) electrons. The SMILES string of the molecule is COC(=O)c1ccc2nc(C)n(Cc3ccc(N(C)C(=O)c4ccccc4)cc3Cl)c2n1. The van der Waals surface area contributed by atoms with Crippen LogP contribution in [0.1, 0.15) is 32.2 Å². The molecule has 0 saturated heterocycles. The minimum Gasteiger partial charge on any atom is -0.464 e. The molecule has 4 aromatic rings. The molecule has 0 aliphatic heterocycles. The summed E-state index contributed by atoms with van der Waals surface area (Å²) in [6.07, 6.45) is 0. The van der Waals surface area contributed by atoms with Crippen LogP contribution < -0.4 is 4.90 Å². The third kappa shape index (κ3) is 4.07. The van der Waals surface area contributed by atoms with Gasteiger partial charge >= 0.3 is 5.97 Å². The van der Waals surface area contributed by atoms with Gasteiger partial charge < -0.3 is 14.2 Å². The molecule has 0 bridgehead atoms. The lowest BCUT2D eigenvalue weighted by atomic mass is 10.1. The second kappa shape index (κ2) is 8.80. The number of nitrogens with zero attached hydrogens (tertiary/aromatic N) is 4. The highest BCUT2D eigenvalue weighted by molar-refractivity contribution is 6.31. The number of aryl methyl sites for hydroxylation is 1. The Hall–Kier alpha value is -3.71. The number of ether oxygens (including phenoxy) is 1. The molecule has 4 rings (SSSR count). The maximum atomic E-state index is 12.7. The fourth-order valence-corrected chi connectivity index (χ4v) is 3.69. The minimum atomic E-state index is -0.509. The van der Waals surface area contributed by atoms with Gasteiger partial charge in [-0.2, -0.15) is 0 Å². The lowest BCUT2D eigenvalue weighted by molar-refractivity contribution is 0.0594. The third-order valence-electron chi connectivity index (χ3n) is 5.26. The van der Waals surface area contributed by atoms with Gasteiger partial charge in [0.25, 0.3) is 5.91 Å². The van der Waals surface area contributed by atoms with E-state index in [0.29, 0.717) is 34.0 Å². The van der Waals surface area contributed by atoms with Gasteiger partial charge in [-0.15, -0.1) is 0 Å². The summed E-state index contributed by atoms with van der Waals surface area (Å²) in [5.41, 5.74) is 3.58. The molecule has 2 heterocycles. The molecule has 0 atom stereocenters. The first kappa shape index (κ1) is 21.5. The van der Waals surface area contributed by atoms with Crippen LogP contribution in [0.15, 0.2) is 60.7 Å². The third-order valence-corrected chi connectivity index (χ3v) is 5.61. The number of fused-ring (bicyclic) bond motifs is 1. The summed E-state index contributed by atoms with van der Waals surface area (Å²) < 4.78 is 6.66. The Balaban J connectivity index is 1.63. The van der Waals surface area contributed by atoms with Crippen molar-refractivity contribution in [2.45, 2.75) is 13.5 Å². The fourth-order valence-electron chi connectivity index (χ4n) is 3.46. The van der Waals surface area contributed by atoms with Crippen molar-refractivity contribution in [1.82, 2.24) is 14.5 Å². The van der Waals surface area contributed by atoms with Crippen molar-refractivity contribution >= 4 is 40.3 Å². The van der Waals surface area contributed by atoms with Crippen LogP contribution in [0.2, 0.25) is 5.02 Å². The number of amides is 1. The molecule has 0 N–H and O–H groups in total. The van der Waals surface area contributed by atoms with E-state index in [0.717, 1.165) is 11.4 Å². The zero-order valence-corrected chi connectivity index (χ0v) is 18.6. The van der Waals surface area contributed by atoms with Gasteiger partial charge in [-0.25, -0.2) is 14.8 Å². The first-order valence-corrected chi connectivity index (χ1v) is 10.3. The van der Waals surface area contributed by atoms with E-state index in [1.54, 1.807) is 42.3 Å². The number of methoxy groups -OCH3 is 1. The molecule has 162 valence electrons. The molecule has 32 heavy (non-hydrogen) atoms. The second-order valence-corrected chi connectivity index (χ2v) is 7.69.